The highest BCUT2D eigenvalue weighted by molar-refractivity contribution is 5.65. The van der Waals surface area contributed by atoms with Crippen molar-refractivity contribution < 1.29 is 9.26 Å². The second-order valence-corrected chi connectivity index (χ2v) is 7.52. The van der Waals surface area contributed by atoms with Crippen LogP contribution in [0.1, 0.15) is 19.3 Å². The standard InChI is InChI=1S/C22H23N3O2/c1-2-6-17(7-3-1)21-23-22(27-24-21)19-8-4-5-9-20(19)26-18-12-13-25(15-18)14-16-10-11-16/h1-9,16,18H,10-15H2. The summed E-state index contributed by atoms with van der Waals surface area (Å²) in [4.78, 5) is 7.11. The third kappa shape index (κ3) is 3.74. The molecule has 138 valence electrons. The summed E-state index contributed by atoms with van der Waals surface area (Å²) in [6, 6.07) is 17.8. The Bertz CT molecular complexity index is 905. The lowest BCUT2D eigenvalue weighted by Crippen LogP contribution is -2.26. The Morgan fingerprint density at radius 3 is 2.67 bits per heavy atom. The van der Waals surface area contributed by atoms with Crippen molar-refractivity contribution >= 4 is 0 Å². The van der Waals surface area contributed by atoms with Crippen molar-refractivity contribution in [3.63, 3.8) is 0 Å². The predicted octanol–water partition coefficient (Wildman–Crippen LogP) is 4.27. The van der Waals surface area contributed by atoms with Gasteiger partial charge in [0.05, 0.1) is 5.56 Å². The van der Waals surface area contributed by atoms with Gasteiger partial charge in [0.25, 0.3) is 5.89 Å². The van der Waals surface area contributed by atoms with E-state index < -0.39 is 0 Å². The average Bonchev–Trinajstić information content (AvgIpc) is 3.20. The van der Waals surface area contributed by atoms with Crippen LogP contribution in [0, 0.1) is 5.92 Å². The van der Waals surface area contributed by atoms with Crippen LogP contribution in [0.15, 0.2) is 59.1 Å². The number of rotatable bonds is 6. The van der Waals surface area contributed by atoms with E-state index in [2.05, 4.69) is 15.0 Å². The Labute approximate surface area is 159 Å². The van der Waals surface area contributed by atoms with Gasteiger partial charge in [-0.05, 0) is 37.3 Å². The maximum Gasteiger partial charge on any atom is 0.262 e. The first kappa shape index (κ1) is 16.5. The third-order valence-corrected chi connectivity index (χ3v) is 5.31. The van der Waals surface area contributed by atoms with E-state index in [1.807, 2.05) is 54.6 Å². The molecule has 2 heterocycles. The Morgan fingerprint density at radius 2 is 1.81 bits per heavy atom. The molecule has 3 aromatic rings. The van der Waals surface area contributed by atoms with Crippen LogP contribution in [-0.4, -0.2) is 40.8 Å². The topological polar surface area (TPSA) is 51.4 Å². The third-order valence-electron chi connectivity index (χ3n) is 5.31. The summed E-state index contributed by atoms with van der Waals surface area (Å²) in [5, 5.41) is 4.14. The Morgan fingerprint density at radius 1 is 1.00 bits per heavy atom. The molecule has 1 unspecified atom stereocenters. The SMILES string of the molecule is c1ccc(-c2noc(-c3ccccc3OC3CCN(CC4CC4)C3)n2)cc1. The first-order valence-electron chi connectivity index (χ1n) is 9.73. The van der Waals surface area contributed by atoms with Crippen molar-refractivity contribution in [2.24, 2.45) is 5.92 Å². The number of benzene rings is 2. The van der Waals surface area contributed by atoms with E-state index >= 15 is 0 Å². The molecule has 0 spiro atoms. The molecule has 0 N–H and O–H groups in total. The van der Waals surface area contributed by atoms with Crippen molar-refractivity contribution in [1.29, 1.82) is 0 Å². The summed E-state index contributed by atoms with van der Waals surface area (Å²) in [6.07, 6.45) is 4.08. The normalized spacial score (nSPS) is 20.1. The fourth-order valence-electron chi connectivity index (χ4n) is 3.69. The number of para-hydroxylation sites is 1. The molecule has 1 saturated heterocycles. The number of hydrogen-bond acceptors (Lipinski definition) is 5. The van der Waals surface area contributed by atoms with Crippen molar-refractivity contribution in [3.8, 4) is 28.6 Å². The molecule has 0 radical (unpaired) electrons. The van der Waals surface area contributed by atoms with Crippen molar-refractivity contribution in [1.82, 2.24) is 15.0 Å². The average molecular weight is 361 g/mol. The number of hydrogen-bond donors (Lipinski definition) is 0. The molecule has 27 heavy (non-hydrogen) atoms. The second-order valence-electron chi connectivity index (χ2n) is 7.52. The van der Waals surface area contributed by atoms with Gasteiger partial charge in [-0.3, -0.25) is 4.90 Å². The highest BCUT2D eigenvalue weighted by Crippen LogP contribution is 2.33. The van der Waals surface area contributed by atoms with Crippen LogP contribution in [0.3, 0.4) is 0 Å². The van der Waals surface area contributed by atoms with Crippen molar-refractivity contribution in [3.05, 3.63) is 54.6 Å². The zero-order chi connectivity index (χ0) is 18.1. The fraction of sp³-hybridized carbons (Fsp3) is 0.364. The van der Waals surface area contributed by atoms with E-state index in [0.717, 1.165) is 42.3 Å². The molecule has 2 fully saturated rings. The van der Waals surface area contributed by atoms with Gasteiger partial charge in [0.15, 0.2) is 0 Å². The zero-order valence-electron chi connectivity index (χ0n) is 15.3. The summed E-state index contributed by atoms with van der Waals surface area (Å²) < 4.78 is 11.9. The molecular weight excluding hydrogens is 338 g/mol. The first-order chi connectivity index (χ1) is 13.3. The molecule has 1 saturated carbocycles. The predicted molar refractivity (Wildman–Crippen MR) is 103 cm³/mol. The van der Waals surface area contributed by atoms with Gasteiger partial charge in [-0.25, -0.2) is 0 Å². The number of aromatic nitrogens is 2. The first-order valence-corrected chi connectivity index (χ1v) is 9.73. The number of likely N-dealkylation sites (tertiary alicyclic amines) is 1. The molecule has 5 heteroatoms. The van der Waals surface area contributed by atoms with Gasteiger partial charge in [0, 0.05) is 25.2 Å². The highest BCUT2D eigenvalue weighted by atomic mass is 16.5. The molecule has 1 aliphatic heterocycles. The Kier molecular flexibility index (Phi) is 4.38. The molecule has 1 aromatic heterocycles. The summed E-state index contributed by atoms with van der Waals surface area (Å²) in [6.45, 7) is 3.36. The van der Waals surface area contributed by atoms with E-state index in [0.29, 0.717) is 11.7 Å². The molecule has 0 bridgehead atoms. The van der Waals surface area contributed by atoms with Gasteiger partial charge in [-0.2, -0.15) is 4.98 Å². The van der Waals surface area contributed by atoms with Gasteiger partial charge in [-0.15, -0.1) is 0 Å². The summed E-state index contributed by atoms with van der Waals surface area (Å²) in [5.74, 6) is 2.83. The zero-order valence-corrected chi connectivity index (χ0v) is 15.3. The molecule has 2 aromatic carbocycles. The van der Waals surface area contributed by atoms with Gasteiger partial charge >= 0.3 is 0 Å². The smallest absolute Gasteiger partial charge is 0.262 e. The lowest BCUT2D eigenvalue weighted by atomic mass is 10.2. The van der Waals surface area contributed by atoms with Gasteiger partial charge in [-0.1, -0.05) is 47.6 Å². The Balaban J connectivity index is 1.33. The highest BCUT2D eigenvalue weighted by Gasteiger charge is 2.30. The summed E-state index contributed by atoms with van der Waals surface area (Å²) in [7, 11) is 0. The fourth-order valence-corrected chi connectivity index (χ4v) is 3.69. The van der Waals surface area contributed by atoms with Gasteiger partial charge < -0.3 is 9.26 Å². The summed E-state index contributed by atoms with van der Waals surface area (Å²) >= 11 is 0. The number of ether oxygens (including phenoxy) is 1. The molecule has 0 amide bonds. The van der Waals surface area contributed by atoms with E-state index in [4.69, 9.17) is 9.26 Å². The van der Waals surface area contributed by atoms with Crippen LogP contribution in [0.25, 0.3) is 22.8 Å². The lowest BCUT2D eigenvalue weighted by Gasteiger charge is -2.17. The van der Waals surface area contributed by atoms with Crippen LogP contribution >= 0.6 is 0 Å². The largest absolute Gasteiger partial charge is 0.488 e. The van der Waals surface area contributed by atoms with Gasteiger partial charge in [0.1, 0.15) is 11.9 Å². The number of nitrogens with zero attached hydrogens (tertiary/aromatic N) is 3. The van der Waals surface area contributed by atoms with Crippen LogP contribution in [-0.2, 0) is 0 Å². The minimum Gasteiger partial charge on any atom is -0.488 e. The van der Waals surface area contributed by atoms with Crippen LogP contribution < -0.4 is 4.74 Å². The maximum atomic E-state index is 6.34. The minimum absolute atomic E-state index is 0.224. The molecule has 1 aliphatic carbocycles. The van der Waals surface area contributed by atoms with Crippen LogP contribution in [0.2, 0.25) is 0 Å². The van der Waals surface area contributed by atoms with E-state index in [9.17, 15) is 0 Å². The molecule has 5 rings (SSSR count). The molecule has 2 aliphatic rings. The van der Waals surface area contributed by atoms with Crippen molar-refractivity contribution in [2.75, 3.05) is 19.6 Å². The molecule has 1 atom stereocenters. The summed E-state index contributed by atoms with van der Waals surface area (Å²) in [5.41, 5.74) is 1.80. The quantitative estimate of drug-likeness (QED) is 0.656. The van der Waals surface area contributed by atoms with Crippen LogP contribution in [0.5, 0.6) is 5.75 Å². The second kappa shape index (κ2) is 7.16. The van der Waals surface area contributed by atoms with E-state index in [1.54, 1.807) is 0 Å². The molecular formula is C22H23N3O2. The maximum absolute atomic E-state index is 6.34. The van der Waals surface area contributed by atoms with Crippen molar-refractivity contribution in [2.45, 2.75) is 25.4 Å². The lowest BCUT2D eigenvalue weighted by molar-refractivity contribution is 0.199. The van der Waals surface area contributed by atoms with E-state index in [1.165, 1.54) is 19.4 Å². The Hall–Kier alpha value is -2.66. The molecule has 5 nitrogen and oxygen atoms in total. The minimum atomic E-state index is 0.224. The van der Waals surface area contributed by atoms with Gasteiger partial charge in [0.2, 0.25) is 5.82 Å². The monoisotopic (exact) mass is 361 g/mol. The van der Waals surface area contributed by atoms with E-state index in [-0.39, 0.29) is 6.10 Å². The van der Waals surface area contributed by atoms with Crippen LogP contribution in [0.4, 0.5) is 0 Å².